The summed E-state index contributed by atoms with van der Waals surface area (Å²) in [5.74, 6) is 0.672. The third-order valence-corrected chi connectivity index (χ3v) is 4.78. The zero-order chi connectivity index (χ0) is 21.2. The van der Waals surface area contributed by atoms with E-state index in [-0.39, 0.29) is 12.5 Å². The van der Waals surface area contributed by atoms with Crippen LogP contribution in [-0.4, -0.2) is 31.2 Å². The molecule has 3 rings (SSSR count). The van der Waals surface area contributed by atoms with E-state index in [2.05, 4.69) is 10.6 Å². The highest BCUT2D eigenvalue weighted by Crippen LogP contribution is 2.30. The number of aliphatic hydroxyl groups is 1. The maximum Gasteiger partial charge on any atom is 0.251 e. The van der Waals surface area contributed by atoms with Crippen molar-refractivity contribution in [2.75, 3.05) is 20.2 Å². The number of hydrogen-bond acceptors (Lipinski definition) is 4. The molecule has 0 fully saturated rings. The second-order valence-electron chi connectivity index (χ2n) is 7.04. The molecule has 0 aliphatic heterocycles. The third kappa shape index (κ3) is 5.92. The van der Waals surface area contributed by atoms with Gasteiger partial charge in [0, 0.05) is 17.7 Å². The Morgan fingerprint density at radius 1 is 0.967 bits per heavy atom. The Hall–Kier alpha value is -3.15. The Bertz CT molecular complexity index is 972. The van der Waals surface area contributed by atoms with Crippen molar-refractivity contribution >= 4 is 5.91 Å². The number of aliphatic hydroxyl groups excluding tert-OH is 1. The summed E-state index contributed by atoms with van der Waals surface area (Å²) < 4.78 is 5.96. The Kier molecular flexibility index (Phi) is 8.01. The van der Waals surface area contributed by atoms with Crippen molar-refractivity contribution in [1.82, 2.24) is 10.6 Å². The summed E-state index contributed by atoms with van der Waals surface area (Å²) in [4.78, 5) is 12.7. The standard InChI is InChI=1S/C25H28N2O3/c1-26-13-6-14-30-24-12-3-2-11-23(24)21-9-5-10-22(16-21)25(29)27-17-19-7-4-8-20(15-19)18-28/h2-5,7-12,15-16,26,28H,6,13-14,17-18H2,1H3,(H,27,29). The van der Waals surface area contributed by atoms with Crippen molar-refractivity contribution in [2.45, 2.75) is 19.6 Å². The van der Waals surface area contributed by atoms with E-state index in [0.29, 0.717) is 18.7 Å². The predicted octanol–water partition coefficient (Wildman–Crippen LogP) is 3.76. The number of carbonyl (C=O) groups is 1. The minimum absolute atomic E-state index is 0.0136. The van der Waals surface area contributed by atoms with Gasteiger partial charge < -0.3 is 20.5 Å². The molecule has 0 aliphatic carbocycles. The topological polar surface area (TPSA) is 70.6 Å². The van der Waals surface area contributed by atoms with Gasteiger partial charge in [0.2, 0.25) is 0 Å². The zero-order valence-electron chi connectivity index (χ0n) is 17.2. The number of carbonyl (C=O) groups excluding carboxylic acids is 1. The number of amides is 1. The average Bonchev–Trinajstić information content (AvgIpc) is 2.81. The van der Waals surface area contributed by atoms with E-state index in [1.165, 1.54) is 0 Å². The van der Waals surface area contributed by atoms with Crippen LogP contribution in [0.4, 0.5) is 0 Å². The van der Waals surface area contributed by atoms with Crippen molar-refractivity contribution in [3.05, 3.63) is 89.5 Å². The lowest BCUT2D eigenvalue weighted by molar-refractivity contribution is 0.0951. The molecule has 5 heteroatoms. The SMILES string of the molecule is CNCCCOc1ccccc1-c1cccc(C(=O)NCc2cccc(CO)c2)c1. The molecule has 3 N–H and O–H groups in total. The first kappa shape index (κ1) is 21.6. The lowest BCUT2D eigenvalue weighted by atomic mass is 10.0. The van der Waals surface area contributed by atoms with Crippen LogP contribution in [0.3, 0.4) is 0 Å². The molecular formula is C25H28N2O3. The van der Waals surface area contributed by atoms with E-state index in [1.54, 1.807) is 6.07 Å². The Balaban J connectivity index is 1.70. The Morgan fingerprint density at radius 2 is 1.77 bits per heavy atom. The molecule has 0 radical (unpaired) electrons. The molecule has 30 heavy (non-hydrogen) atoms. The first-order chi connectivity index (χ1) is 14.7. The summed E-state index contributed by atoms with van der Waals surface area (Å²) in [7, 11) is 1.92. The number of nitrogens with one attached hydrogen (secondary N) is 2. The van der Waals surface area contributed by atoms with Crippen molar-refractivity contribution in [2.24, 2.45) is 0 Å². The lowest BCUT2D eigenvalue weighted by Gasteiger charge is -2.13. The monoisotopic (exact) mass is 404 g/mol. The fourth-order valence-electron chi connectivity index (χ4n) is 3.21. The fraction of sp³-hybridized carbons (Fsp3) is 0.240. The first-order valence-corrected chi connectivity index (χ1v) is 10.1. The molecule has 0 aromatic heterocycles. The highest BCUT2D eigenvalue weighted by molar-refractivity contribution is 5.95. The first-order valence-electron chi connectivity index (χ1n) is 10.1. The van der Waals surface area contributed by atoms with Crippen LogP contribution in [-0.2, 0) is 13.2 Å². The van der Waals surface area contributed by atoms with Gasteiger partial charge in [-0.1, -0.05) is 54.6 Å². The van der Waals surface area contributed by atoms with Crippen molar-refractivity contribution in [3.8, 4) is 16.9 Å². The minimum Gasteiger partial charge on any atom is -0.493 e. The molecule has 0 saturated heterocycles. The lowest BCUT2D eigenvalue weighted by Crippen LogP contribution is -2.22. The summed E-state index contributed by atoms with van der Waals surface area (Å²) >= 11 is 0. The number of ether oxygens (including phenoxy) is 1. The van der Waals surface area contributed by atoms with Gasteiger partial charge in [-0.2, -0.15) is 0 Å². The van der Waals surface area contributed by atoms with E-state index < -0.39 is 0 Å². The van der Waals surface area contributed by atoms with Crippen molar-refractivity contribution in [1.29, 1.82) is 0 Å². The van der Waals surface area contributed by atoms with Gasteiger partial charge in [-0.15, -0.1) is 0 Å². The largest absolute Gasteiger partial charge is 0.493 e. The highest BCUT2D eigenvalue weighted by atomic mass is 16.5. The summed E-state index contributed by atoms with van der Waals surface area (Å²) in [5, 5.41) is 15.3. The van der Waals surface area contributed by atoms with Gasteiger partial charge in [-0.3, -0.25) is 4.79 Å². The van der Waals surface area contributed by atoms with Crippen LogP contribution in [0.5, 0.6) is 5.75 Å². The molecule has 0 unspecified atom stereocenters. The number of rotatable bonds is 10. The molecule has 156 valence electrons. The Morgan fingerprint density at radius 3 is 2.60 bits per heavy atom. The van der Waals surface area contributed by atoms with Crippen molar-refractivity contribution < 1.29 is 14.6 Å². The number of hydrogen-bond donors (Lipinski definition) is 3. The second kappa shape index (κ2) is 11.1. The van der Waals surface area contributed by atoms with E-state index in [0.717, 1.165) is 41.0 Å². The van der Waals surface area contributed by atoms with Gasteiger partial charge in [-0.05, 0) is 54.9 Å². The summed E-state index contributed by atoms with van der Waals surface area (Å²) in [5.41, 5.74) is 4.28. The van der Waals surface area contributed by atoms with Gasteiger partial charge in [0.25, 0.3) is 5.91 Å². The number of para-hydroxylation sites is 1. The van der Waals surface area contributed by atoms with E-state index in [4.69, 9.17) is 4.74 Å². The molecule has 0 atom stereocenters. The van der Waals surface area contributed by atoms with Crippen LogP contribution in [0, 0.1) is 0 Å². The van der Waals surface area contributed by atoms with Crippen LogP contribution in [0.1, 0.15) is 27.9 Å². The zero-order valence-corrected chi connectivity index (χ0v) is 17.2. The second-order valence-corrected chi connectivity index (χ2v) is 7.04. The van der Waals surface area contributed by atoms with E-state index in [1.807, 2.05) is 73.8 Å². The van der Waals surface area contributed by atoms with Crippen LogP contribution in [0.25, 0.3) is 11.1 Å². The molecule has 3 aromatic rings. The van der Waals surface area contributed by atoms with E-state index >= 15 is 0 Å². The average molecular weight is 405 g/mol. The quantitative estimate of drug-likeness (QED) is 0.450. The third-order valence-electron chi connectivity index (χ3n) is 4.78. The molecule has 5 nitrogen and oxygen atoms in total. The van der Waals surface area contributed by atoms with Gasteiger partial charge in [0.05, 0.1) is 13.2 Å². The predicted molar refractivity (Wildman–Crippen MR) is 119 cm³/mol. The van der Waals surface area contributed by atoms with Gasteiger partial charge in [-0.25, -0.2) is 0 Å². The smallest absolute Gasteiger partial charge is 0.251 e. The normalized spacial score (nSPS) is 10.6. The maximum atomic E-state index is 12.7. The molecule has 0 saturated carbocycles. The molecule has 0 heterocycles. The van der Waals surface area contributed by atoms with Crippen LogP contribution in [0.15, 0.2) is 72.8 Å². The maximum absolute atomic E-state index is 12.7. The summed E-state index contributed by atoms with van der Waals surface area (Å²) in [6.45, 7) is 1.92. The van der Waals surface area contributed by atoms with E-state index in [9.17, 15) is 9.90 Å². The highest BCUT2D eigenvalue weighted by Gasteiger charge is 2.10. The molecular weight excluding hydrogens is 376 g/mol. The molecule has 3 aromatic carbocycles. The minimum atomic E-state index is -0.140. The fourth-order valence-corrected chi connectivity index (χ4v) is 3.21. The summed E-state index contributed by atoms with van der Waals surface area (Å²) in [6.07, 6.45) is 0.921. The molecule has 0 spiro atoms. The molecule has 1 amide bonds. The number of benzene rings is 3. The Labute approximate surface area is 177 Å². The van der Waals surface area contributed by atoms with Gasteiger partial charge in [0.15, 0.2) is 0 Å². The van der Waals surface area contributed by atoms with Crippen LogP contribution < -0.4 is 15.4 Å². The van der Waals surface area contributed by atoms with Crippen molar-refractivity contribution in [3.63, 3.8) is 0 Å². The summed E-state index contributed by atoms with van der Waals surface area (Å²) in [6, 6.07) is 23.0. The van der Waals surface area contributed by atoms with Gasteiger partial charge >= 0.3 is 0 Å². The molecule has 0 aliphatic rings. The van der Waals surface area contributed by atoms with Crippen LogP contribution >= 0.6 is 0 Å². The van der Waals surface area contributed by atoms with Gasteiger partial charge in [0.1, 0.15) is 5.75 Å². The molecule has 0 bridgehead atoms. The van der Waals surface area contributed by atoms with Crippen LogP contribution in [0.2, 0.25) is 0 Å².